The quantitative estimate of drug-likeness (QED) is 0.647. The van der Waals surface area contributed by atoms with E-state index in [0.717, 1.165) is 24.3 Å². The second kappa shape index (κ2) is 8.91. The summed E-state index contributed by atoms with van der Waals surface area (Å²) in [6.07, 6.45) is 4.08. The highest BCUT2D eigenvalue weighted by Crippen LogP contribution is 2.21. The van der Waals surface area contributed by atoms with Crippen LogP contribution in [0.2, 0.25) is 0 Å². The highest BCUT2D eigenvalue weighted by atomic mass is 32.2. The Hall–Kier alpha value is -2.00. The Labute approximate surface area is 151 Å². The van der Waals surface area contributed by atoms with Gasteiger partial charge in [0.05, 0.1) is 4.90 Å². The van der Waals surface area contributed by atoms with E-state index in [-0.39, 0.29) is 15.9 Å². The van der Waals surface area contributed by atoms with Gasteiger partial charge in [0.2, 0.25) is 11.0 Å². The molecule has 1 heterocycles. The van der Waals surface area contributed by atoms with Gasteiger partial charge in [0, 0.05) is 12.1 Å². The lowest BCUT2D eigenvalue weighted by molar-refractivity contribution is -0.116. The molecule has 0 spiro atoms. The number of amides is 1. The summed E-state index contributed by atoms with van der Waals surface area (Å²) in [6, 6.07) is 6.05. The minimum Gasteiger partial charge on any atom is -0.326 e. The molecular weight excluding hydrogens is 360 g/mol. The van der Waals surface area contributed by atoms with Crippen LogP contribution in [0, 0.1) is 0 Å². The fourth-order valence-electron chi connectivity index (χ4n) is 2.09. The Morgan fingerprint density at radius 2 is 1.84 bits per heavy atom. The number of carbonyl (C=O) groups is 1. The Bertz CT molecular complexity index is 801. The van der Waals surface area contributed by atoms with Gasteiger partial charge in [-0.15, -0.1) is 10.2 Å². The summed E-state index contributed by atoms with van der Waals surface area (Å²) in [5.41, 5.74) is 0.574. The molecule has 0 bridgehead atoms. The van der Waals surface area contributed by atoms with Crippen molar-refractivity contribution in [1.82, 2.24) is 10.2 Å². The molecule has 0 saturated heterocycles. The largest absolute Gasteiger partial charge is 0.326 e. The van der Waals surface area contributed by atoms with Crippen LogP contribution in [0.4, 0.5) is 10.8 Å². The number of hydrogen-bond acceptors (Lipinski definition) is 6. The lowest BCUT2D eigenvalue weighted by atomic mass is 10.2. The van der Waals surface area contributed by atoms with E-state index >= 15 is 0 Å². The van der Waals surface area contributed by atoms with Crippen molar-refractivity contribution in [2.75, 3.05) is 10.0 Å². The topological polar surface area (TPSA) is 101 Å². The average molecular weight is 383 g/mol. The number of rotatable bonds is 9. The van der Waals surface area contributed by atoms with E-state index in [2.05, 4.69) is 27.2 Å². The van der Waals surface area contributed by atoms with Crippen LogP contribution in [-0.4, -0.2) is 24.5 Å². The van der Waals surface area contributed by atoms with Crippen molar-refractivity contribution < 1.29 is 13.2 Å². The number of aromatic nitrogens is 2. The third-order valence-corrected chi connectivity index (χ3v) is 5.91. The standard InChI is InChI=1S/C16H22N4O3S2/c1-3-5-6-7-14(21)17-12-8-10-13(11-9-12)25(22,23)20-16-19-18-15(4-2)24-16/h8-11H,3-7H2,1-2H3,(H,17,21)(H,19,20). The van der Waals surface area contributed by atoms with E-state index in [0.29, 0.717) is 18.5 Å². The first kappa shape index (κ1) is 19.3. The predicted molar refractivity (Wildman–Crippen MR) is 99.3 cm³/mol. The zero-order valence-electron chi connectivity index (χ0n) is 14.3. The number of nitrogens with zero attached hydrogens (tertiary/aromatic N) is 2. The molecule has 1 aromatic heterocycles. The molecule has 25 heavy (non-hydrogen) atoms. The van der Waals surface area contributed by atoms with Crippen molar-refractivity contribution in [3.8, 4) is 0 Å². The van der Waals surface area contributed by atoms with E-state index < -0.39 is 10.0 Å². The predicted octanol–water partition coefficient (Wildman–Crippen LogP) is 3.42. The zero-order valence-corrected chi connectivity index (χ0v) is 15.9. The molecule has 0 aliphatic rings. The van der Waals surface area contributed by atoms with Crippen molar-refractivity contribution >= 4 is 38.1 Å². The monoisotopic (exact) mass is 382 g/mol. The van der Waals surface area contributed by atoms with Crippen LogP contribution >= 0.6 is 11.3 Å². The molecule has 0 aliphatic carbocycles. The molecule has 0 unspecified atom stereocenters. The molecule has 0 radical (unpaired) electrons. The first-order chi connectivity index (χ1) is 11.9. The number of anilines is 2. The zero-order chi connectivity index (χ0) is 18.3. The first-order valence-electron chi connectivity index (χ1n) is 8.19. The van der Waals surface area contributed by atoms with Crippen LogP contribution in [0.5, 0.6) is 0 Å². The summed E-state index contributed by atoms with van der Waals surface area (Å²) >= 11 is 1.21. The molecule has 2 rings (SSSR count). The smallest absolute Gasteiger partial charge is 0.263 e. The summed E-state index contributed by atoms with van der Waals surface area (Å²) in [5, 5.41) is 11.5. The molecule has 9 heteroatoms. The van der Waals surface area contributed by atoms with Gasteiger partial charge in [-0.1, -0.05) is 38.0 Å². The fraction of sp³-hybridized carbons (Fsp3) is 0.438. The maximum absolute atomic E-state index is 12.3. The van der Waals surface area contributed by atoms with Crippen molar-refractivity contribution in [3.63, 3.8) is 0 Å². The third-order valence-electron chi connectivity index (χ3n) is 3.45. The highest BCUT2D eigenvalue weighted by Gasteiger charge is 2.16. The van der Waals surface area contributed by atoms with E-state index in [1.807, 2.05) is 6.92 Å². The van der Waals surface area contributed by atoms with Crippen LogP contribution in [0.3, 0.4) is 0 Å². The van der Waals surface area contributed by atoms with Gasteiger partial charge in [-0.25, -0.2) is 8.42 Å². The molecule has 1 amide bonds. The minimum absolute atomic E-state index is 0.0665. The Kier molecular flexibility index (Phi) is 6.89. The molecule has 0 fully saturated rings. The first-order valence-corrected chi connectivity index (χ1v) is 10.5. The number of hydrogen-bond donors (Lipinski definition) is 2. The Morgan fingerprint density at radius 1 is 1.12 bits per heavy atom. The van der Waals surface area contributed by atoms with Gasteiger partial charge < -0.3 is 5.32 Å². The van der Waals surface area contributed by atoms with Gasteiger partial charge in [-0.3, -0.25) is 9.52 Å². The molecule has 1 aromatic carbocycles. The molecular formula is C16H22N4O3S2. The SMILES string of the molecule is CCCCCC(=O)Nc1ccc(S(=O)(=O)Nc2nnc(CC)s2)cc1. The highest BCUT2D eigenvalue weighted by molar-refractivity contribution is 7.93. The summed E-state index contributed by atoms with van der Waals surface area (Å²) in [5.74, 6) is -0.0665. The van der Waals surface area contributed by atoms with E-state index in [1.165, 1.54) is 23.5 Å². The number of carbonyl (C=O) groups excluding carboxylic acids is 1. The van der Waals surface area contributed by atoms with Gasteiger partial charge in [-0.05, 0) is 37.1 Å². The van der Waals surface area contributed by atoms with Gasteiger partial charge >= 0.3 is 0 Å². The third kappa shape index (κ3) is 5.79. The molecule has 0 aliphatic heterocycles. The van der Waals surface area contributed by atoms with Crippen molar-refractivity contribution in [3.05, 3.63) is 29.3 Å². The van der Waals surface area contributed by atoms with E-state index in [9.17, 15) is 13.2 Å². The Morgan fingerprint density at radius 3 is 2.44 bits per heavy atom. The summed E-state index contributed by atoms with van der Waals surface area (Å²) in [6.45, 7) is 4.00. The summed E-state index contributed by atoms with van der Waals surface area (Å²) < 4.78 is 27.1. The minimum atomic E-state index is -3.73. The molecule has 136 valence electrons. The molecule has 0 saturated carbocycles. The number of unbranched alkanes of at least 4 members (excludes halogenated alkanes) is 2. The van der Waals surface area contributed by atoms with Gasteiger partial charge in [0.1, 0.15) is 5.01 Å². The number of benzene rings is 1. The molecule has 2 aromatic rings. The lowest BCUT2D eigenvalue weighted by Gasteiger charge is -2.07. The van der Waals surface area contributed by atoms with Crippen LogP contribution in [0.25, 0.3) is 0 Å². The van der Waals surface area contributed by atoms with Crippen molar-refractivity contribution in [2.45, 2.75) is 50.8 Å². The molecule has 2 N–H and O–H groups in total. The Balaban J connectivity index is 1.99. The van der Waals surface area contributed by atoms with Crippen molar-refractivity contribution in [2.24, 2.45) is 0 Å². The van der Waals surface area contributed by atoms with Crippen LogP contribution in [0.1, 0.15) is 44.5 Å². The maximum atomic E-state index is 12.3. The van der Waals surface area contributed by atoms with Crippen LogP contribution < -0.4 is 10.0 Å². The molecule has 7 nitrogen and oxygen atoms in total. The summed E-state index contributed by atoms with van der Waals surface area (Å²) in [7, 11) is -3.73. The van der Waals surface area contributed by atoms with Gasteiger partial charge in [0.15, 0.2) is 0 Å². The van der Waals surface area contributed by atoms with Crippen LogP contribution in [-0.2, 0) is 21.2 Å². The van der Waals surface area contributed by atoms with Gasteiger partial charge in [0.25, 0.3) is 10.0 Å². The number of sulfonamides is 1. The normalized spacial score (nSPS) is 11.3. The maximum Gasteiger partial charge on any atom is 0.263 e. The number of nitrogens with one attached hydrogen (secondary N) is 2. The van der Waals surface area contributed by atoms with Crippen LogP contribution in [0.15, 0.2) is 29.2 Å². The molecule has 0 atom stereocenters. The van der Waals surface area contributed by atoms with E-state index in [4.69, 9.17) is 0 Å². The van der Waals surface area contributed by atoms with Gasteiger partial charge in [-0.2, -0.15) is 0 Å². The lowest BCUT2D eigenvalue weighted by Crippen LogP contribution is -2.14. The van der Waals surface area contributed by atoms with E-state index in [1.54, 1.807) is 12.1 Å². The second-order valence-electron chi connectivity index (χ2n) is 5.49. The average Bonchev–Trinajstić information content (AvgIpc) is 3.02. The fourth-order valence-corrected chi connectivity index (χ4v) is 4.00. The second-order valence-corrected chi connectivity index (χ2v) is 8.23. The summed E-state index contributed by atoms with van der Waals surface area (Å²) in [4.78, 5) is 11.9. The number of aryl methyl sites for hydroxylation is 1. The van der Waals surface area contributed by atoms with Crippen molar-refractivity contribution in [1.29, 1.82) is 0 Å².